The smallest absolute Gasteiger partial charge is 0.321 e. The molecule has 0 saturated heterocycles. The van der Waals surface area contributed by atoms with Crippen LogP contribution in [-0.4, -0.2) is 27.2 Å². The minimum absolute atomic E-state index is 0.0979. The van der Waals surface area contributed by atoms with Gasteiger partial charge < -0.3 is 5.32 Å². The highest BCUT2D eigenvalue weighted by molar-refractivity contribution is 7.99. The highest BCUT2D eigenvalue weighted by atomic mass is 32.2. The number of nitrogens with zero attached hydrogens (tertiary/aromatic N) is 2. The van der Waals surface area contributed by atoms with Crippen LogP contribution in [0.3, 0.4) is 0 Å². The molecule has 0 spiro atoms. The highest BCUT2D eigenvalue weighted by Gasteiger charge is 2.12. The molecule has 3 aromatic rings. The van der Waals surface area contributed by atoms with E-state index in [9.17, 15) is 9.59 Å². The standard InChI is InChI=1S/C21H22N4O2S/c1-15-8-9-16(2)18(12-15)25-11-10-22-21(25)28-14-19(26)24-20(27)23-13-17-6-4-3-5-7-17/h3-12H,13-14H2,1-2H3,(H2,23,24,26,27). The van der Waals surface area contributed by atoms with E-state index in [1.165, 1.54) is 11.8 Å². The summed E-state index contributed by atoms with van der Waals surface area (Å²) in [7, 11) is 0. The third kappa shape index (κ3) is 5.23. The van der Waals surface area contributed by atoms with Crippen molar-refractivity contribution in [3.8, 4) is 5.69 Å². The van der Waals surface area contributed by atoms with Crippen LogP contribution in [0.2, 0.25) is 0 Å². The van der Waals surface area contributed by atoms with Crippen molar-refractivity contribution in [2.45, 2.75) is 25.5 Å². The van der Waals surface area contributed by atoms with E-state index < -0.39 is 6.03 Å². The average Bonchev–Trinajstić information content (AvgIpc) is 3.16. The van der Waals surface area contributed by atoms with Gasteiger partial charge in [-0.25, -0.2) is 9.78 Å². The summed E-state index contributed by atoms with van der Waals surface area (Å²) in [5.41, 5.74) is 4.27. The van der Waals surface area contributed by atoms with Crippen molar-refractivity contribution in [2.24, 2.45) is 0 Å². The molecule has 3 amide bonds. The molecule has 2 N–H and O–H groups in total. The van der Waals surface area contributed by atoms with Crippen LogP contribution < -0.4 is 10.6 Å². The molecule has 1 aromatic heterocycles. The minimum Gasteiger partial charge on any atom is -0.334 e. The minimum atomic E-state index is -0.507. The average molecular weight is 395 g/mol. The van der Waals surface area contributed by atoms with Crippen molar-refractivity contribution in [1.82, 2.24) is 20.2 Å². The van der Waals surface area contributed by atoms with E-state index in [0.717, 1.165) is 22.4 Å². The molecule has 28 heavy (non-hydrogen) atoms. The Labute approximate surface area is 168 Å². The van der Waals surface area contributed by atoms with Crippen LogP contribution in [0, 0.1) is 13.8 Å². The number of carbonyl (C=O) groups excluding carboxylic acids is 2. The van der Waals surface area contributed by atoms with Crippen molar-refractivity contribution in [2.75, 3.05) is 5.75 Å². The number of nitrogens with one attached hydrogen (secondary N) is 2. The summed E-state index contributed by atoms with van der Waals surface area (Å²) >= 11 is 1.29. The van der Waals surface area contributed by atoms with Crippen LogP contribution in [0.4, 0.5) is 4.79 Å². The Kier molecular flexibility index (Phi) is 6.49. The fourth-order valence-electron chi connectivity index (χ4n) is 2.67. The first-order chi connectivity index (χ1) is 13.5. The van der Waals surface area contributed by atoms with Crippen LogP contribution in [0.5, 0.6) is 0 Å². The summed E-state index contributed by atoms with van der Waals surface area (Å²) in [5.74, 6) is -0.272. The monoisotopic (exact) mass is 394 g/mol. The van der Waals surface area contributed by atoms with Crippen molar-refractivity contribution in [1.29, 1.82) is 0 Å². The molecule has 0 aliphatic rings. The number of carbonyl (C=O) groups is 2. The van der Waals surface area contributed by atoms with Crippen LogP contribution in [0.1, 0.15) is 16.7 Å². The number of hydrogen-bond donors (Lipinski definition) is 2. The molecule has 0 bridgehead atoms. The van der Waals surface area contributed by atoms with Gasteiger partial charge in [0.25, 0.3) is 0 Å². The van der Waals surface area contributed by atoms with E-state index in [1.54, 1.807) is 6.20 Å². The molecular formula is C21H22N4O2S. The van der Waals surface area contributed by atoms with Gasteiger partial charge in [-0.05, 0) is 36.6 Å². The van der Waals surface area contributed by atoms with Gasteiger partial charge in [-0.15, -0.1) is 0 Å². The maximum Gasteiger partial charge on any atom is 0.321 e. The van der Waals surface area contributed by atoms with Gasteiger partial charge in [-0.2, -0.15) is 0 Å². The lowest BCUT2D eigenvalue weighted by molar-refractivity contribution is -0.117. The second-order valence-electron chi connectivity index (χ2n) is 6.37. The van der Waals surface area contributed by atoms with Crippen molar-refractivity contribution in [3.05, 3.63) is 77.6 Å². The quantitative estimate of drug-likeness (QED) is 0.626. The van der Waals surface area contributed by atoms with Crippen LogP contribution >= 0.6 is 11.8 Å². The van der Waals surface area contributed by atoms with E-state index in [0.29, 0.717) is 11.7 Å². The Morgan fingerprint density at radius 3 is 2.68 bits per heavy atom. The predicted octanol–water partition coefficient (Wildman–Crippen LogP) is 3.61. The van der Waals surface area contributed by atoms with E-state index in [2.05, 4.69) is 33.8 Å². The number of urea groups is 1. The van der Waals surface area contributed by atoms with E-state index in [-0.39, 0.29) is 11.7 Å². The molecule has 2 aromatic carbocycles. The summed E-state index contributed by atoms with van der Waals surface area (Å²) < 4.78 is 1.95. The molecule has 0 radical (unpaired) electrons. The number of amides is 3. The van der Waals surface area contributed by atoms with Gasteiger partial charge in [-0.3, -0.25) is 14.7 Å². The Morgan fingerprint density at radius 2 is 1.89 bits per heavy atom. The number of rotatable bonds is 6. The summed E-state index contributed by atoms with van der Waals surface area (Å²) in [6.07, 6.45) is 3.57. The summed E-state index contributed by atoms with van der Waals surface area (Å²) in [5, 5.41) is 5.72. The van der Waals surface area contributed by atoms with Crippen molar-refractivity contribution in [3.63, 3.8) is 0 Å². The number of imide groups is 1. The molecular weight excluding hydrogens is 372 g/mol. The maximum atomic E-state index is 12.1. The molecule has 0 aliphatic heterocycles. The van der Waals surface area contributed by atoms with Crippen LogP contribution in [0.25, 0.3) is 5.69 Å². The lowest BCUT2D eigenvalue weighted by atomic mass is 10.1. The second-order valence-corrected chi connectivity index (χ2v) is 7.32. The van der Waals surface area contributed by atoms with Crippen molar-refractivity contribution < 1.29 is 9.59 Å². The Hall–Kier alpha value is -3.06. The van der Waals surface area contributed by atoms with Gasteiger partial charge in [0.2, 0.25) is 5.91 Å². The molecule has 144 valence electrons. The number of hydrogen-bond acceptors (Lipinski definition) is 4. The highest BCUT2D eigenvalue weighted by Crippen LogP contribution is 2.23. The van der Waals surface area contributed by atoms with Gasteiger partial charge >= 0.3 is 6.03 Å². The zero-order valence-corrected chi connectivity index (χ0v) is 16.6. The molecule has 6 nitrogen and oxygen atoms in total. The summed E-state index contributed by atoms with van der Waals surface area (Å²) in [6.45, 7) is 4.44. The Balaban J connectivity index is 1.53. The van der Waals surface area contributed by atoms with E-state index >= 15 is 0 Å². The fourth-order valence-corrected chi connectivity index (χ4v) is 3.44. The van der Waals surface area contributed by atoms with Gasteiger partial charge in [0.05, 0.1) is 11.4 Å². The van der Waals surface area contributed by atoms with E-state index in [4.69, 9.17) is 0 Å². The molecule has 7 heteroatoms. The summed E-state index contributed by atoms with van der Waals surface area (Å²) in [4.78, 5) is 28.3. The molecule has 0 fully saturated rings. The summed E-state index contributed by atoms with van der Waals surface area (Å²) in [6, 6.07) is 15.2. The Morgan fingerprint density at radius 1 is 1.11 bits per heavy atom. The lowest BCUT2D eigenvalue weighted by Crippen LogP contribution is -2.39. The third-order valence-corrected chi connectivity index (χ3v) is 5.08. The van der Waals surface area contributed by atoms with Gasteiger partial charge in [0.15, 0.2) is 5.16 Å². The molecule has 0 atom stereocenters. The van der Waals surface area contributed by atoms with Gasteiger partial charge in [-0.1, -0.05) is 54.2 Å². The predicted molar refractivity (Wildman–Crippen MR) is 111 cm³/mol. The zero-order chi connectivity index (χ0) is 19.9. The first kappa shape index (κ1) is 19.7. The number of thioether (sulfide) groups is 1. The molecule has 0 saturated carbocycles. The molecule has 3 rings (SSSR count). The van der Waals surface area contributed by atoms with Crippen LogP contribution in [-0.2, 0) is 11.3 Å². The van der Waals surface area contributed by atoms with Crippen LogP contribution in [0.15, 0.2) is 66.1 Å². The maximum absolute atomic E-state index is 12.1. The fraction of sp³-hybridized carbons (Fsp3) is 0.190. The number of imidazole rings is 1. The van der Waals surface area contributed by atoms with Gasteiger partial charge in [0.1, 0.15) is 0 Å². The topological polar surface area (TPSA) is 76.0 Å². The third-order valence-electron chi connectivity index (χ3n) is 4.11. The van der Waals surface area contributed by atoms with Gasteiger partial charge in [0, 0.05) is 18.9 Å². The molecule has 1 heterocycles. The SMILES string of the molecule is Cc1ccc(C)c(-n2ccnc2SCC(=O)NC(=O)NCc2ccccc2)c1. The zero-order valence-electron chi connectivity index (χ0n) is 15.8. The normalized spacial score (nSPS) is 10.5. The lowest BCUT2D eigenvalue weighted by Gasteiger charge is -2.11. The first-order valence-corrected chi connectivity index (χ1v) is 9.87. The number of aromatic nitrogens is 2. The number of aryl methyl sites for hydroxylation is 2. The van der Waals surface area contributed by atoms with E-state index in [1.807, 2.05) is 54.9 Å². The number of benzene rings is 2. The molecule has 0 aliphatic carbocycles. The molecule has 0 unspecified atom stereocenters. The Bertz CT molecular complexity index is 970. The van der Waals surface area contributed by atoms with Crippen molar-refractivity contribution >= 4 is 23.7 Å². The first-order valence-electron chi connectivity index (χ1n) is 8.88. The second kappa shape index (κ2) is 9.23. The largest absolute Gasteiger partial charge is 0.334 e.